The predicted octanol–water partition coefficient (Wildman–Crippen LogP) is 5.11. The van der Waals surface area contributed by atoms with Crippen molar-refractivity contribution in [1.29, 1.82) is 0 Å². The number of hydrogen-bond donors (Lipinski definition) is 0. The molecular formula is C24H25O3P. The molecule has 1 atom stereocenters. The lowest BCUT2D eigenvalue weighted by molar-refractivity contribution is 0.103. The zero-order valence-corrected chi connectivity index (χ0v) is 17.6. The lowest BCUT2D eigenvalue weighted by atomic mass is 9.93. The number of benzene rings is 3. The maximum atomic E-state index is 13.6. The molecule has 0 saturated heterocycles. The average Bonchev–Trinajstić information content (AvgIpc) is 2.68. The van der Waals surface area contributed by atoms with Crippen molar-refractivity contribution in [3.63, 3.8) is 0 Å². The van der Waals surface area contributed by atoms with E-state index in [2.05, 4.69) is 0 Å². The van der Waals surface area contributed by atoms with Crippen LogP contribution in [-0.4, -0.2) is 12.4 Å². The monoisotopic (exact) mass is 392 g/mol. The second kappa shape index (κ2) is 8.26. The topological polar surface area (TPSA) is 43.4 Å². The molecule has 0 aromatic heterocycles. The Morgan fingerprint density at radius 2 is 1.39 bits per heavy atom. The van der Waals surface area contributed by atoms with Crippen LogP contribution in [0.3, 0.4) is 0 Å². The molecule has 0 aliphatic carbocycles. The van der Waals surface area contributed by atoms with Gasteiger partial charge in [0.05, 0.1) is 6.61 Å². The van der Waals surface area contributed by atoms with E-state index < -0.39 is 7.37 Å². The highest BCUT2D eigenvalue weighted by Gasteiger charge is 2.28. The van der Waals surface area contributed by atoms with Crippen LogP contribution in [-0.2, 0) is 9.09 Å². The minimum Gasteiger partial charge on any atom is -0.322 e. The van der Waals surface area contributed by atoms with E-state index in [-0.39, 0.29) is 5.78 Å². The van der Waals surface area contributed by atoms with E-state index in [1.54, 1.807) is 24.3 Å². The van der Waals surface area contributed by atoms with E-state index in [0.717, 1.165) is 22.3 Å². The van der Waals surface area contributed by atoms with Gasteiger partial charge in [0.1, 0.15) is 0 Å². The van der Waals surface area contributed by atoms with Gasteiger partial charge in [-0.25, -0.2) is 0 Å². The van der Waals surface area contributed by atoms with Crippen LogP contribution in [0.2, 0.25) is 0 Å². The molecule has 0 bridgehead atoms. The first-order valence-electron chi connectivity index (χ1n) is 9.40. The molecule has 0 aliphatic rings. The van der Waals surface area contributed by atoms with Gasteiger partial charge in [-0.1, -0.05) is 48.0 Å². The van der Waals surface area contributed by atoms with Crippen molar-refractivity contribution >= 4 is 23.8 Å². The molecule has 3 rings (SSSR count). The summed E-state index contributed by atoms with van der Waals surface area (Å²) in [5.41, 5.74) is 4.39. The highest BCUT2D eigenvalue weighted by atomic mass is 31.2. The summed E-state index contributed by atoms with van der Waals surface area (Å²) in [6.07, 6.45) is 0. The fourth-order valence-electron chi connectivity index (χ4n) is 3.60. The third kappa shape index (κ3) is 3.87. The molecule has 0 fully saturated rings. The summed E-state index contributed by atoms with van der Waals surface area (Å²) < 4.78 is 19.3. The molecule has 0 spiro atoms. The fourth-order valence-corrected chi connectivity index (χ4v) is 5.66. The predicted molar refractivity (Wildman–Crippen MR) is 115 cm³/mol. The molecule has 0 saturated carbocycles. The Balaban J connectivity index is 1.99. The summed E-state index contributed by atoms with van der Waals surface area (Å²) in [6.45, 7) is 8.11. The van der Waals surface area contributed by atoms with Crippen LogP contribution < -0.4 is 10.6 Å². The second-order valence-corrected chi connectivity index (χ2v) is 9.35. The molecule has 3 aromatic rings. The van der Waals surface area contributed by atoms with Crippen LogP contribution >= 0.6 is 7.37 Å². The van der Waals surface area contributed by atoms with Crippen LogP contribution in [0.5, 0.6) is 0 Å². The van der Waals surface area contributed by atoms with E-state index in [1.165, 1.54) is 0 Å². The summed E-state index contributed by atoms with van der Waals surface area (Å²) in [5, 5.41) is 1.25. The zero-order chi connectivity index (χ0) is 20.3. The van der Waals surface area contributed by atoms with Gasteiger partial charge in [0.25, 0.3) is 7.37 Å². The minimum absolute atomic E-state index is 0.0208. The van der Waals surface area contributed by atoms with Gasteiger partial charge < -0.3 is 4.52 Å². The minimum atomic E-state index is -3.18. The van der Waals surface area contributed by atoms with E-state index in [9.17, 15) is 9.36 Å². The number of rotatable bonds is 6. The third-order valence-corrected chi connectivity index (χ3v) is 7.36. The lowest BCUT2D eigenvalue weighted by Gasteiger charge is -2.19. The third-order valence-electron chi connectivity index (χ3n) is 4.78. The van der Waals surface area contributed by atoms with Gasteiger partial charge in [0.15, 0.2) is 5.78 Å². The second-order valence-electron chi connectivity index (χ2n) is 6.95. The molecule has 0 radical (unpaired) electrons. The van der Waals surface area contributed by atoms with Gasteiger partial charge in [-0.05, 0) is 63.1 Å². The summed E-state index contributed by atoms with van der Waals surface area (Å²) >= 11 is 0. The molecule has 144 valence electrons. The van der Waals surface area contributed by atoms with Gasteiger partial charge >= 0.3 is 0 Å². The van der Waals surface area contributed by atoms with Crippen LogP contribution in [0.15, 0.2) is 66.7 Å². The van der Waals surface area contributed by atoms with Crippen molar-refractivity contribution in [3.05, 3.63) is 94.5 Å². The first-order chi connectivity index (χ1) is 13.4. The van der Waals surface area contributed by atoms with E-state index in [1.807, 2.05) is 70.2 Å². The van der Waals surface area contributed by atoms with Crippen molar-refractivity contribution in [3.8, 4) is 0 Å². The van der Waals surface area contributed by atoms with Gasteiger partial charge in [0, 0.05) is 21.7 Å². The Morgan fingerprint density at radius 1 is 0.857 bits per heavy atom. The van der Waals surface area contributed by atoms with Crippen molar-refractivity contribution in [2.24, 2.45) is 0 Å². The fraction of sp³-hybridized carbons (Fsp3) is 0.208. The van der Waals surface area contributed by atoms with Crippen molar-refractivity contribution in [2.75, 3.05) is 6.61 Å². The molecule has 3 nitrogen and oxygen atoms in total. The number of ketones is 1. The smallest absolute Gasteiger partial charge is 0.261 e. The molecular weight excluding hydrogens is 367 g/mol. The SMILES string of the molecule is CCOP(=O)(c1ccccc1)c1ccc(C(=O)c2c(C)cc(C)cc2C)cc1. The lowest BCUT2D eigenvalue weighted by Crippen LogP contribution is -2.18. The Morgan fingerprint density at radius 3 is 1.93 bits per heavy atom. The highest BCUT2D eigenvalue weighted by Crippen LogP contribution is 2.44. The van der Waals surface area contributed by atoms with Crippen molar-refractivity contribution in [1.82, 2.24) is 0 Å². The summed E-state index contributed by atoms with van der Waals surface area (Å²) in [5.74, 6) is -0.0208. The van der Waals surface area contributed by atoms with Crippen molar-refractivity contribution < 1.29 is 13.9 Å². The standard InChI is InChI=1S/C24H25O3P/c1-5-27-28(26,21-9-7-6-8-10-21)22-13-11-20(12-14-22)24(25)23-18(3)15-17(2)16-19(23)4/h6-16H,5H2,1-4H3. The number of carbonyl (C=O) groups is 1. The van der Waals surface area contributed by atoms with E-state index >= 15 is 0 Å². The van der Waals surface area contributed by atoms with E-state index in [0.29, 0.717) is 22.8 Å². The molecule has 0 heterocycles. The van der Waals surface area contributed by atoms with Crippen LogP contribution in [0, 0.1) is 20.8 Å². The quantitative estimate of drug-likeness (QED) is 0.433. The molecule has 1 unspecified atom stereocenters. The first kappa shape index (κ1) is 20.3. The number of aryl methyl sites for hydroxylation is 3. The van der Waals surface area contributed by atoms with Crippen molar-refractivity contribution in [2.45, 2.75) is 27.7 Å². The maximum Gasteiger partial charge on any atom is 0.261 e. The molecule has 3 aromatic carbocycles. The van der Waals surface area contributed by atoms with Gasteiger partial charge in [-0.2, -0.15) is 0 Å². The van der Waals surface area contributed by atoms with E-state index in [4.69, 9.17) is 4.52 Å². The first-order valence-corrected chi connectivity index (χ1v) is 11.0. The van der Waals surface area contributed by atoms with Crippen LogP contribution in [0.4, 0.5) is 0 Å². The van der Waals surface area contributed by atoms with Crippen LogP contribution in [0.1, 0.15) is 39.5 Å². The summed E-state index contributed by atoms with van der Waals surface area (Å²) in [6, 6.07) is 20.2. The molecule has 28 heavy (non-hydrogen) atoms. The van der Waals surface area contributed by atoms with Crippen LogP contribution in [0.25, 0.3) is 0 Å². The van der Waals surface area contributed by atoms with Gasteiger partial charge in [-0.15, -0.1) is 0 Å². The normalized spacial score (nSPS) is 13.1. The molecule has 0 amide bonds. The Bertz CT molecular complexity index is 1010. The largest absolute Gasteiger partial charge is 0.322 e. The maximum absolute atomic E-state index is 13.6. The summed E-state index contributed by atoms with van der Waals surface area (Å²) in [4.78, 5) is 13.1. The average molecular weight is 392 g/mol. The van der Waals surface area contributed by atoms with Gasteiger partial charge in [0.2, 0.25) is 0 Å². The zero-order valence-electron chi connectivity index (χ0n) is 16.7. The highest BCUT2D eigenvalue weighted by molar-refractivity contribution is 7.74. The number of hydrogen-bond acceptors (Lipinski definition) is 3. The molecule has 0 aliphatic heterocycles. The summed E-state index contributed by atoms with van der Waals surface area (Å²) in [7, 11) is -3.18. The molecule has 0 N–H and O–H groups in total. The molecule has 4 heteroatoms. The number of carbonyl (C=O) groups excluding carboxylic acids is 1. The Hall–Kier alpha value is -2.48. The Labute approximate surface area is 166 Å². The van der Waals surface area contributed by atoms with Gasteiger partial charge in [-0.3, -0.25) is 9.36 Å². The Kier molecular flexibility index (Phi) is 5.98.